The zero-order chi connectivity index (χ0) is 22.6. The van der Waals surface area contributed by atoms with Gasteiger partial charge in [-0.25, -0.2) is 0 Å². The third kappa shape index (κ3) is 2.79. The van der Waals surface area contributed by atoms with E-state index in [4.69, 9.17) is 0 Å². The number of fused-ring (bicyclic) bond motifs is 4. The molecule has 1 spiro atoms. The number of aryl methyl sites for hydroxylation is 1. The highest BCUT2D eigenvalue weighted by Gasteiger charge is 2.74. The highest BCUT2D eigenvalue weighted by Crippen LogP contribution is 2.50. The molecule has 5 rings (SSSR count). The Kier molecular flexibility index (Phi) is 4.63. The molecule has 0 aliphatic carbocycles. The molecule has 2 aromatic carbocycles. The number of nitrogens with one attached hydrogen (secondary N) is 1. The molecular weight excluding hydrogens is 410 g/mol. The number of aliphatic carboxylic acids is 1. The Morgan fingerprint density at radius 2 is 1.84 bits per heavy atom. The molecule has 3 amide bonds. The van der Waals surface area contributed by atoms with Crippen LogP contribution < -0.4 is 15.7 Å². The predicted molar refractivity (Wildman–Crippen MR) is 110 cm³/mol. The van der Waals surface area contributed by atoms with Crippen molar-refractivity contribution < 1.29 is 29.6 Å². The molecule has 8 heteroatoms. The van der Waals surface area contributed by atoms with Crippen LogP contribution in [-0.4, -0.2) is 34.6 Å². The molecule has 164 valence electrons. The zero-order valence-corrected chi connectivity index (χ0v) is 17.5. The minimum absolute atomic E-state index is 0.122. The molecule has 3 N–H and O–H groups in total. The van der Waals surface area contributed by atoms with Gasteiger partial charge in [-0.2, -0.15) is 0 Å². The number of rotatable bonds is 5. The molecule has 2 fully saturated rings. The first kappa shape index (κ1) is 20.4. The minimum atomic E-state index is -1.29. The van der Waals surface area contributed by atoms with E-state index in [1.165, 1.54) is 4.90 Å². The van der Waals surface area contributed by atoms with E-state index in [1.54, 1.807) is 5.32 Å². The summed E-state index contributed by atoms with van der Waals surface area (Å²) in [7, 11) is 0. The van der Waals surface area contributed by atoms with Crippen LogP contribution in [0.15, 0.2) is 48.5 Å². The van der Waals surface area contributed by atoms with Gasteiger partial charge in [0.15, 0.2) is 0 Å². The smallest absolute Gasteiger partial charge is 0.291 e. The molecule has 3 aliphatic rings. The number of carbonyl (C=O) groups is 4. The lowest BCUT2D eigenvalue weighted by Gasteiger charge is -2.26. The number of carbonyl (C=O) groups excluding carboxylic acids is 4. The second kappa shape index (κ2) is 7.27. The number of likely N-dealkylation sites (tertiary alicyclic amines) is 1. The molecule has 8 nitrogen and oxygen atoms in total. The van der Waals surface area contributed by atoms with Crippen molar-refractivity contribution in [1.29, 1.82) is 0 Å². The van der Waals surface area contributed by atoms with Gasteiger partial charge in [0, 0.05) is 18.0 Å². The fraction of sp³-hybridized carbons (Fsp3) is 0.333. The number of anilines is 1. The van der Waals surface area contributed by atoms with Gasteiger partial charge in [-0.05, 0) is 24.5 Å². The van der Waals surface area contributed by atoms with Gasteiger partial charge in [-0.15, -0.1) is 0 Å². The number of nitrogens with two attached hydrogens (primary N) is 1. The molecule has 4 atom stereocenters. The zero-order valence-electron chi connectivity index (χ0n) is 17.5. The summed E-state index contributed by atoms with van der Waals surface area (Å²) in [5.41, 5.74) is 1.73. The molecule has 32 heavy (non-hydrogen) atoms. The first-order chi connectivity index (χ1) is 15.3. The van der Waals surface area contributed by atoms with Crippen molar-refractivity contribution in [2.45, 2.75) is 37.9 Å². The summed E-state index contributed by atoms with van der Waals surface area (Å²) < 4.78 is 0. The maximum absolute atomic E-state index is 13.7. The van der Waals surface area contributed by atoms with Gasteiger partial charge in [-0.1, -0.05) is 48.5 Å². The van der Waals surface area contributed by atoms with Crippen LogP contribution in [0.25, 0.3) is 0 Å². The maximum Gasteiger partial charge on any atom is 0.291 e. The SMILES string of the molecule is Cc1cccc2c1NC(=O)[C@@]21[NH2+][C@@H](CCC(=O)[O-])[C@H]2C(=O)N(Cc3ccccc3)C(=O)[C@H]21. The normalized spacial score (nSPS) is 28.2. The molecule has 0 saturated carbocycles. The van der Waals surface area contributed by atoms with Crippen LogP contribution in [0.4, 0.5) is 5.69 Å². The summed E-state index contributed by atoms with van der Waals surface area (Å²) in [6.07, 6.45) is -0.110. The van der Waals surface area contributed by atoms with E-state index in [-0.39, 0.29) is 37.1 Å². The van der Waals surface area contributed by atoms with Gasteiger partial charge in [0.1, 0.15) is 17.9 Å². The van der Waals surface area contributed by atoms with Gasteiger partial charge in [0.25, 0.3) is 5.91 Å². The topological polar surface area (TPSA) is 123 Å². The van der Waals surface area contributed by atoms with E-state index < -0.39 is 29.4 Å². The van der Waals surface area contributed by atoms with Crippen molar-refractivity contribution in [2.24, 2.45) is 11.8 Å². The summed E-state index contributed by atoms with van der Waals surface area (Å²) >= 11 is 0. The Morgan fingerprint density at radius 1 is 1.09 bits per heavy atom. The third-order valence-electron chi connectivity index (χ3n) is 7.07. The van der Waals surface area contributed by atoms with Gasteiger partial charge >= 0.3 is 0 Å². The Labute approximate surface area is 184 Å². The van der Waals surface area contributed by atoms with Crippen molar-refractivity contribution >= 4 is 29.4 Å². The number of hydrogen-bond acceptors (Lipinski definition) is 5. The fourth-order valence-corrected chi connectivity index (χ4v) is 5.67. The lowest BCUT2D eigenvalue weighted by atomic mass is 9.76. The number of hydrogen-bond donors (Lipinski definition) is 2. The van der Waals surface area contributed by atoms with E-state index in [0.717, 1.165) is 11.1 Å². The Morgan fingerprint density at radius 3 is 2.56 bits per heavy atom. The molecule has 2 aromatic rings. The number of para-hydroxylation sites is 1. The van der Waals surface area contributed by atoms with Crippen LogP contribution in [0.5, 0.6) is 0 Å². The molecule has 0 bridgehead atoms. The van der Waals surface area contributed by atoms with Gasteiger partial charge in [-0.3, -0.25) is 19.3 Å². The van der Waals surface area contributed by atoms with Crippen LogP contribution in [0.2, 0.25) is 0 Å². The van der Waals surface area contributed by atoms with Crippen molar-refractivity contribution in [2.75, 3.05) is 5.32 Å². The molecule has 0 unspecified atom stereocenters. The lowest BCUT2D eigenvalue weighted by Crippen LogP contribution is -2.99. The number of carboxylic acid groups (broad SMARTS) is 1. The highest BCUT2D eigenvalue weighted by atomic mass is 16.4. The van der Waals surface area contributed by atoms with E-state index in [1.807, 2.05) is 55.5 Å². The number of carboxylic acids is 1. The number of quaternary nitrogens is 1. The molecule has 3 heterocycles. The first-order valence-corrected chi connectivity index (χ1v) is 10.7. The fourth-order valence-electron chi connectivity index (χ4n) is 5.67. The average molecular weight is 433 g/mol. The van der Waals surface area contributed by atoms with Crippen molar-refractivity contribution in [3.63, 3.8) is 0 Å². The Bertz CT molecular complexity index is 1150. The van der Waals surface area contributed by atoms with Crippen LogP contribution in [0.3, 0.4) is 0 Å². The monoisotopic (exact) mass is 433 g/mol. The lowest BCUT2D eigenvalue weighted by molar-refractivity contribution is -0.734. The van der Waals surface area contributed by atoms with Crippen molar-refractivity contribution in [3.8, 4) is 0 Å². The predicted octanol–water partition coefficient (Wildman–Crippen LogP) is -0.580. The molecule has 2 saturated heterocycles. The second-order valence-corrected chi connectivity index (χ2v) is 8.81. The Balaban J connectivity index is 1.60. The molecule has 0 radical (unpaired) electrons. The second-order valence-electron chi connectivity index (χ2n) is 8.81. The maximum atomic E-state index is 13.7. The van der Waals surface area contributed by atoms with Crippen LogP contribution >= 0.6 is 0 Å². The van der Waals surface area contributed by atoms with Crippen LogP contribution in [0.1, 0.15) is 29.5 Å². The molecule has 0 aromatic heterocycles. The highest BCUT2D eigenvalue weighted by molar-refractivity contribution is 6.14. The van der Waals surface area contributed by atoms with E-state index in [9.17, 15) is 24.3 Å². The quantitative estimate of drug-likeness (QED) is 0.611. The number of amides is 3. The van der Waals surface area contributed by atoms with Gasteiger partial charge in [0.05, 0.1) is 12.2 Å². The van der Waals surface area contributed by atoms with E-state index >= 15 is 0 Å². The standard InChI is InChI=1S/C24H23N3O5/c1-13-6-5-9-15-20(13)25-23(32)24(15)19-18(16(26-24)10-11-17(28)29)21(30)27(22(19)31)12-14-7-3-2-4-8-14/h2-9,16,18-19,26H,10-12H2,1H3,(H,25,32)(H,28,29)/t16-,18+,19-,24+/m0/s1. The Hall–Kier alpha value is -3.52. The number of imide groups is 1. The minimum Gasteiger partial charge on any atom is -0.550 e. The summed E-state index contributed by atoms with van der Waals surface area (Å²) in [6.45, 7) is 2.00. The van der Waals surface area contributed by atoms with Crippen molar-refractivity contribution in [1.82, 2.24) is 4.90 Å². The van der Waals surface area contributed by atoms with Gasteiger partial charge < -0.3 is 20.5 Å². The summed E-state index contributed by atoms with van der Waals surface area (Å²) in [6, 6.07) is 14.2. The molecule has 3 aliphatic heterocycles. The van der Waals surface area contributed by atoms with E-state index in [2.05, 4.69) is 5.32 Å². The van der Waals surface area contributed by atoms with E-state index in [0.29, 0.717) is 11.3 Å². The number of nitrogens with zero attached hydrogens (tertiary/aromatic N) is 1. The third-order valence-corrected chi connectivity index (χ3v) is 7.07. The average Bonchev–Trinajstić information content (AvgIpc) is 3.35. The van der Waals surface area contributed by atoms with Gasteiger partial charge in [0.2, 0.25) is 17.4 Å². The largest absolute Gasteiger partial charge is 0.550 e. The summed E-state index contributed by atoms with van der Waals surface area (Å²) in [5.74, 6) is -3.97. The first-order valence-electron chi connectivity index (χ1n) is 10.7. The summed E-state index contributed by atoms with van der Waals surface area (Å²) in [5, 5.41) is 15.8. The number of benzene rings is 2. The van der Waals surface area contributed by atoms with Crippen LogP contribution in [-0.2, 0) is 31.3 Å². The van der Waals surface area contributed by atoms with Crippen LogP contribution in [0, 0.1) is 18.8 Å². The molecular formula is C24H23N3O5. The summed E-state index contributed by atoms with van der Waals surface area (Å²) in [4.78, 5) is 52.9. The van der Waals surface area contributed by atoms with Crippen molar-refractivity contribution in [3.05, 3.63) is 65.2 Å².